The summed E-state index contributed by atoms with van der Waals surface area (Å²) in [5.74, 6) is 0.461. The Bertz CT molecular complexity index is 1250. The summed E-state index contributed by atoms with van der Waals surface area (Å²) < 4.78 is 1.88. The smallest absolute Gasteiger partial charge is 0.255 e. The molecule has 0 unspecified atom stereocenters. The number of nitrogens with zero attached hydrogens (tertiary/aromatic N) is 5. The molecule has 5 heterocycles. The van der Waals surface area contributed by atoms with Crippen molar-refractivity contribution >= 4 is 17.0 Å². The molecule has 0 spiro atoms. The van der Waals surface area contributed by atoms with Crippen LogP contribution >= 0.6 is 0 Å². The quantitative estimate of drug-likeness (QED) is 0.647. The van der Waals surface area contributed by atoms with E-state index < -0.39 is 0 Å². The highest BCUT2D eigenvalue weighted by Gasteiger charge is 2.25. The fourth-order valence-electron chi connectivity index (χ4n) is 5.15. The van der Waals surface area contributed by atoms with Crippen molar-refractivity contribution in [3.63, 3.8) is 0 Å². The van der Waals surface area contributed by atoms with Gasteiger partial charge in [0.05, 0.1) is 28.8 Å². The van der Waals surface area contributed by atoms with E-state index in [1.807, 2.05) is 48.1 Å². The lowest BCUT2D eigenvalue weighted by molar-refractivity contribution is -0.122. The molecule has 5 rings (SSSR count). The monoisotopic (exact) mass is 455 g/mol. The van der Waals surface area contributed by atoms with Gasteiger partial charge in [0.25, 0.3) is 5.91 Å². The molecule has 6 heteroatoms. The molecule has 0 saturated carbocycles. The minimum Gasteiger partial charge on any atom is -0.303 e. The van der Waals surface area contributed by atoms with Crippen LogP contribution in [0.2, 0.25) is 0 Å². The summed E-state index contributed by atoms with van der Waals surface area (Å²) in [6, 6.07) is 2.03. The molecule has 1 fully saturated rings. The normalized spacial score (nSPS) is 22.0. The zero-order valence-electron chi connectivity index (χ0n) is 20.4. The number of piperidine rings is 1. The minimum absolute atomic E-state index is 0.0436. The molecule has 1 amide bonds. The maximum Gasteiger partial charge on any atom is 0.255 e. The summed E-state index contributed by atoms with van der Waals surface area (Å²) in [5, 5.41) is 4.76. The number of hydrogen-bond acceptors (Lipinski definition) is 4. The van der Waals surface area contributed by atoms with Crippen LogP contribution < -0.4 is 0 Å². The van der Waals surface area contributed by atoms with E-state index in [1.54, 1.807) is 11.0 Å². The van der Waals surface area contributed by atoms with Crippen molar-refractivity contribution in [3.05, 3.63) is 83.3 Å². The van der Waals surface area contributed by atoms with Gasteiger partial charge in [0, 0.05) is 23.5 Å². The van der Waals surface area contributed by atoms with E-state index in [9.17, 15) is 4.79 Å². The lowest BCUT2D eigenvalue weighted by atomic mass is 9.88. The predicted molar refractivity (Wildman–Crippen MR) is 136 cm³/mol. The van der Waals surface area contributed by atoms with Gasteiger partial charge in [0.15, 0.2) is 0 Å². The van der Waals surface area contributed by atoms with Crippen molar-refractivity contribution in [2.24, 2.45) is 5.92 Å². The fraction of sp³-hybridized carbons (Fsp3) is 0.393. The van der Waals surface area contributed by atoms with Crippen molar-refractivity contribution in [1.82, 2.24) is 24.4 Å². The first-order valence-electron chi connectivity index (χ1n) is 12.5. The Morgan fingerprint density at radius 1 is 1.12 bits per heavy atom. The van der Waals surface area contributed by atoms with Crippen LogP contribution in [0.1, 0.15) is 50.2 Å². The summed E-state index contributed by atoms with van der Waals surface area (Å²) in [7, 11) is 0. The van der Waals surface area contributed by atoms with E-state index in [1.165, 1.54) is 18.5 Å². The number of carbonyl (C=O) groups is 1. The molecule has 2 aromatic rings. The molecule has 3 aliphatic rings. The molecule has 0 bridgehead atoms. The number of fused-ring (bicyclic) bond motifs is 2. The Labute approximate surface area is 201 Å². The molecule has 0 radical (unpaired) electrons. The summed E-state index contributed by atoms with van der Waals surface area (Å²) in [4.78, 5) is 22.4. The molecule has 2 aromatic heterocycles. The Hall–Kier alpha value is -3.25. The zero-order chi connectivity index (χ0) is 23.7. The first-order valence-corrected chi connectivity index (χ1v) is 12.5. The third-order valence-electron chi connectivity index (χ3n) is 6.94. The highest BCUT2D eigenvalue weighted by molar-refractivity contribution is 5.99. The molecule has 0 N–H and O–H groups in total. The van der Waals surface area contributed by atoms with Crippen LogP contribution in [-0.2, 0) is 11.2 Å². The Morgan fingerprint density at radius 3 is 2.71 bits per heavy atom. The number of aromatic nitrogens is 3. The molecule has 34 heavy (non-hydrogen) atoms. The van der Waals surface area contributed by atoms with Gasteiger partial charge in [-0.25, -0.2) is 4.52 Å². The molecule has 3 aliphatic heterocycles. The van der Waals surface area contributed by atoms with Crippen molar-refractivity contribution in [1.29, 1.82) is 0 Å². The molecule has 176 valence electrons. The largest absolute Gasteiger partial charge is 0.303 e. The highest BCUT2D eigenvalue weighted by atomic mass is 16.2. The van der Waals surface area contributed by atoms with E-state index in [0.717, 1.165) is 66.2 Å². The standard InChI is InChI=1S/C28H33N5O/c1-4-13-31-14-11-21(12-15-31)23-9-10-24-8-6-7-22(16-28(34)32(24)19-23)26-17-27-25(5-2)29-20(3)18-33(27)30-26/h6-10,16-19,21H,4-5,11-15H2,1-3H3/b7-6+,22-16+,24-8?. The van der Waals surface area contributed by atoms with Gasteiger partial charge in [-0.3, -0.25) is 14.7 Å². The molecule has 0 atom stereocenters. The predicted octanol–water partition coefficient (Wildman–Crippen LogP) is 4.84. The van der Waals surface area contributed by atoms with Gasteiger partial charge < -0.3 is 4.90 Å². The maximum atomic E-state index is 13.4. The van der Waals surface area contributed by atoms with Gasteiger partial charge in [-0.2, -0.15) is 5.10 Å². The molecular weight excluding hydrogens is 422 g/mol. The van der Waals surface area contributed by atoms with Crippen LogP contribution in [0.25, 0.3) is 11.1 Å². The number of allylic oxidation sites excluding steroid dienone is 7. The maximum absolute atomic E-state index is 13.4. The topological polar surface area (TPSA) is 53.7 Å². The second-order valence-electron chi connectivity index (χ2n) is 9.38. The van der Waals surface area contributed by atoms with Gasteiger partial charge in [0.2, 0.25) is 0 Å². The van der Waals surface area contributed by atoms with Crippen LogP contribution in [0.4, 0.5) is 0 Å². The van der Waals surface area contributed by atoms with Crippen LogP contribution in [0.15, 0.2) is 66.2 Å². The summed E-state index contributed by atoms with van der Waals surface area (Å²) >= 11 is 0. The number of likely N-dealkylation sites (tertiary alicyclic amines) is 1. The number of rotatable bonds is 5. The average Bonchev–Trinajstić information content (AvgIpc) is 3.26. The van der Waals surface area contributed by atoms with Gasteiger partial charge in [-0.05, 0) is 82.0 Å². The van der Waals surface area contributed by atoms with Crippen LogP contribution in [0.5, 0.6) is 0 Å². The minimum atomic E-state index is -0.0436. The number of carbonyl (C=O) groups excluding carboxylic acids is 1. The van der Waals surface area contributed by atoms with Crippen molar-refractivity contribution < 1.29 is 4.79 Å². The summed E-state index contributed by atoms with van der Waals surface area (Å²) in [6.45, 7) is 9.76. The Balaban J connectivity index is 1.42. The third kappa shape index (κ3) is 4.42. The molecule has 0 aromatic carbocycles. The molecule has 0 aliphatic carbocycles. The average molecular weight is 456 g/mol. The van der Waals surface area contributed by atoms with Gasteiger partial charge >= 0.3 is 0 Å². The lowest BCUT2D eigenvalue weighted by Gasteiger charge is -2.34. The Kier molecular flexibility index (Phi) is 6.33. The van der Waals surface area contributed by atoms with E-state index in [2.05, 4.69) is 35.9 Å². The second-order valence-corrected chi connectivity index (χ2v) is 9.38. The van der Waals surface area contributed by atoms with Crippen LogP contribution in [0, 0.1) is 12.8 Å². The van der Waals surface area contributed by atoms with Crippen molar-refractivity contribution in [2.75, 3.05) is 19.6 Å². The lowest BCUT2D eigenvalue weighted by Crippen LogP contribution is -2.35. The van der Waals surface area contributed by atoms with E-state index in [0.29, 0.717) is 5.92 Å². The number of amides is 1. The van der Waals surface area contributed by atoms with Crippen LogP contribution in [-0.4, -0.2) is 49.9 Å². The molecule has 1 saturated heterocycles. The zero-order valence-corrected chi connectivity index (χ0v) is 20.4. The third-order valence-corrected chi connectivity index (χ3v) is 6.94. The van der Waals surface area contributed by atoms with Crippen molar-refractivity contribution in [3.8, 4) is 0 Å². The highest BCUT2D eigenvalue weighted by Crippen LogP contribution is 2.31. The Morgan fingerprint density at radius 2 is 1.94 bits per heavy atom. The summed E-state index contributed by atoms with van der Waals surface area (Å²) in [6.07, 6.45) is 20.2. The first kappa shape index (κ1) is 22.5. The molecule has 6 nitrogen and oxygen atoms in total. The number of aryl methyl sites for hydroxylation is 2. The summed E-state index contributed by atoms with van der Waals surface area (Å²) in [5.41, 5.74) is 6.67. The van der Waals surface area contributed by atoms with E-state index in [4.69, 9.17) is 5.10 Å². The van der Waals surface area contributed by atoms with Gasteiger partial charge in [-0.15, -0.1) is 0 Å². The second kappa shape index (κ2) is 9.55. The van der Waals surface area contributed by atoms with Crippen LogP contribution in [0.3, 0.4) is 0 Å². The van der Waals surface area contributed by atoms with Gasteiger partial charge in [0.1, 0.15) is 0 Å². The fourth-order valence-corrected chi connectivity index (χ4v) is 5.15. The SMILES string of the molecule is CCCN1CCC(C2=CN3C(=O)/C=C(c4cc5c(CC)nc(C)cn5n4)\C=C\C=C3C=C2)CC1. The number of hydrogen-bond donors (Lipinski definition) is 0. The van der Waals surface area contributed by atoms with E-state index in [-0.39, 0.29) is 5.91 Å². The molecular formula is C28H33N5O. The first-order chi connectivity index (χ1) is 16.6. The van der Waals surface area contributed by atoms with Gasteiger partial charge in [-0.1, -0.05) is 32.1 Å². The van der Waals surface area contributed by atoms with E-state index >= 15 is 0 Å². The van der Waals surface area contributed by atoms with Crippen molar-refractivity contribution in [2.45, 2.75) is 46.5 Å².